The van der Waals surface area contributed by atoms with E-state index in [4.69, 9.17) is 10.5 Å². The topological polar surface area (TPSA) is 35.2 Å². The van der Waals surface area contributed by atoms with Crippen molar-refractivity contribution in [3.05, 3.63) is 35.4 Å². The average molecular weight is 259 g/mol. The molecule has 1 aliphatic carbocycles. The second-order valence-electron chi connectivity index (χ2n) is 6.85. The predicted octanol–water partition coefficient (Wildman–Crippen LogP) is 2.89. The molecule has 19 heavy (non-hydrogen) atoms. The summed E-state index contributed by atoms with van der Waals surface area (Å²) < 4.78 is 5.56. The fraction of sp³-hybridized carbons (Fsp3) is 0.647. The molecule has 1 aliphatic heterocycles. The monoisotopic (exact) mass is 259 g/mol. The molecule has 3 rings (SSSR count). The van der Waals surface area contributed by atoms with E-state index in [-0.39, 0.29) is 5.41 Å². The third-order valence-electron chi connectivity index (χ3n) is 5.11. The van der Waals surface area contributed by atoms with Crippen molar-refractivity contribution in [1.29, 1.82) is 0 Å². The van der Waals surface area contributed by atoms with Crippen molar-refractivity contribution >= 4 is 0 Å². The summed E-state index contributed by atoms with van der Waals surface area (Å²) in [5.74, 6) is 0.714. The molecule has 1 saturated heterocycles. The molecule has 1 aromatic carbocycles. The molecule has 0 atom stereocenters. The normalized spacial score (nSPS) is 23.2. The van der Waals surface area contributed by atoms with Crippen LogP contribution in [-0.2, 0) is 16.6 Å². The standard InChI is InChI=1S/C17H25NO/c1-13(2)9-14-3-5-15(6-4-14)17(11-19-12-17)16(10-18)7-8-16/h3-6,13H,7-12,18H2,1-2H3. The van der Waals surface area contributed by atoms with Crippen LogP contribution in [0.5, 0.6) is 0 Å². The van der Waals surface area contributed by atoms with Gasteiger partial charge in [0.05, 0.1) is 13.2 Å². The van der Waals surface area contributed by atoms with Crippen molar-refractivity contribution in [2.45, 2.75) is 38.5 Å². The van der Waals surface area contributed by atoms with E-state index in [0.29, 0.717) is 11.3 Å². The van der Waals surface area contributed by atoms with Gasteiger partial charge in [0.25, 0.3) is 0 Å². The highest BCUT2D eigenvalue weighted by Gasteiger charge is 2.62. The van der Waals surface area contributed by atoms with Crippen LogP contribution in [0, 0.1) is 11.3 Å². The second-order valence-corrected chi connectivity index (χ2v) is 6.85. The van der Waals surface area contributed by atoms with E-state index in [1.165, 1.54) is 24.0 Å². The van der Waals surface area contributed by atoms with E-state index < -0.39 is 0 Å². The zero-order valence-corrected chi connectivity index (χ0v) is 12.1. The zero-order valence-electron chi connectivity index (χ0n) is 12.1. The lowest BCUT2D eigenvalue weighted by molar-refractivity contribution is -0.0973. The minimum absolute atomic E-state index is 0.206. The first-order valence-electron chi connectivity index (χ1n) is 7.49. The molecule has 0 unspecified atom stereocenters. The summed E-state index contributed by atoms with van der Waals surface area (Å²) in [6.07, 6.45) is 3.69. The van der Waals surface area contributed by atoms with Crippen LogP contribution < -0.4 is 5.73 Å². The third-order valence-corrected chi connectivity index (χ3v) is 5.11. The molecule has 0 aromatic heterocycles. The van der Waals surface area contributed by atoms with Crippen LogP contribution in [0.1, 0.15) is 37.8 Å². The van der Waals surface area contributed by atoms with E-state index in [2.05, 4.69) is 38.1 Å². The number of hydrogen-bond acceptors (Lipinski definition) is 2. The Labute approximate surface area is 116 Å². The zero-order chi connectivity index (χ0) is 13.5. The molecule has 104 valence electrons. The number of hydrogen-bond donors (Lipinski definition) is 1. The Bertz CT molecular complexity index is 441. The maximum absolute atomic E-state index is 6.04. The smallest absolute Gasteiger partial charge is 0.0591 e. The maximum atomic E-state index is 6.04. The van der Waals surface area contributed by atoms with Crippen molar-refractivity contribution < 1.29 is 4.74 Å². The molecular formula is C17H25NO. The number of nitrogens with two attached hydrogens (primary N) is 1. The van der Waals surface area contributed by atoms with Crippen LogP contribution >= 0.6 is 0 Å². The van der Waals surface area contributed by atoms with Gasteiger partial charge in [-0.15, -0.1) is 0 Å². The first-order valence-corrected chi connectivity index (χ1v) is 7.49. The lowest BCUT2D eigenvalue weighted by atomic mass is 9.66. The molecule has 2 nitrogen and oxygen atoms in total. The lowest BCUT2D eigenvalue weighted by Crippen LogP contribution is -2.55. The highest BCUT2D eigenvalue weighted by atomic mass is 16.5. The fourth-order valence-electron chi connectivity index (χ4n) is 3.55. The summed E-state index contributed by atoms with van der Waals surface area (Å²) in [6.45, 7) is 7.04. The Morgan fingerprint density at radius 3 is 2.16 bits per heavy atom. The lowest BCUT2D eigenvalue weighted by Gasteiger charge is -2.48. The van der Waals surface area contributed by atoms with Crippen LogP contribution in [0.25, 0.3) is 0 Å². The molecule has 1 heterocycles. The Balaban J connectivity index is 1.85. The van der Waals surface area contributed by atoms with Crippen LogP contribution in [0.3, 0.4) is 0 Å². The summed E-state index contributed by atoms with van der Waals surface area (Å²) in [7, 11) is 0. The summed E-state index contributed by atoms with van der Waals surface area (Å²) in [4.78, 5) is 0. The molecule has 0 bridgehead atoms. The fourth-order valence-corrected chi connectivity index (χ4v) is 3.55. The van der Waals surface area contributed by atoms with Crippen molar-refractivity contribution in [3.63, 3.8) is 0 Å². The van der Waals surface area contributed by atoms with Crippen molar-refractivity contribution in [2.24, 2.45) is 17.1 Å². The molecule has 2 N–H and O–H groups in total. The van der Waals surface area contributed by atoms with Crippen LogP contribution in [0.2, 0.25) is 0 Å². The molecule has 2 heteroatoms. The van der Waals surface area contributed by atoms with Crippen molar-refractivity contribution in [3.8, 4) is 0 Å². The molecule has 1 aromatic rings. The van der Waals surface area contributed by atoms with Crippen molar-refractivity contribution in [2.75, 3.05) is 19.8 Å². The summed E-state index contributed by atoms with van der Waals surface area (Å²) in [5, 5.41) is 0. The van der Waals surface area contributed by atoms with E-state index >= 15 is 0 Å². The summed E-state index contributed by atoms with van der Waals surface area (Å²) in [6, 6.07) is 9.22. The molecule has 1 saturated carbocycles. The maximum Gasteiger partial charge on any atom is 0.0591 e. The molecule has 2 fully saturated rings. The van der Waals surface area contributed by atoms with Gasteiger partial charge in [-0.05, 0) is 48.3 Å². The van der Waals surface area contributed by atoms with E-state index in [1.54, 1.807) is 0 Å². The van der Waals surface area contributed by atoms with Gasteiger partial charge in [0, 0.05) is 5.41 Å². The first kappa shape index (κ1) is 13.1. The summed E-state index contributed by atoms with van der Waals surface area (Å²) >= 11 is 0. The SMILES string of the molecule is CC(C)Cc1ccc(C2(C3(CN)CC3)COC2)cc1. The van der Waals surface area contributed by atoms with Gasteiger partial charge in [0.2, 0.25) is 0 Å². The van der Waals surface area contributed by atoms with Gasteiger partial charge in [-0.1, -0.05) is 38.1 Å². The van der Waals surface area contributed by atoms with Gasteiger partial charge in [0.1, 0.15) is 0 Å². The minimum atomic E-state index is 0.206. The highest BCUT2D eigenvalue weighted by Crippen LogP contribution is 2.61. The Morgan fingerprint density at radius 2 is 1.79 bits per heavy atom. The van der Waals surface area contributed by atoms with Gasteiger partial charge < -0.3 is 10.5 Å². The average Bonchev–Trinajstić information content (AvgIpc) is 3.10. The van der Waals surface area contributed by atoms with E-state index in [9.17, 15) is 0 Å². The summed E-state index contributed by atoms with van der Waals surface area (Å²) in [5.41, 5.74) is 9.45. The number of benzene rings is 1. The van der Waals surface area contributed by atoms with Gasteiger partial charge in [-0.3, -0.25) is 0 Å². The van der Waals surface area contributed by atoms with Crippen LogP contribution in [0.4, 0.5) is 0 Å². The van der Waals surface area contributed by atoms with E-state index in [0.717, 1.165) is 26.2 Å². The van der Waals surface area contributed by atoms with Gasteiger partial charge >= 0.3 is 0 Å². The Hall–Kier alpha value is -0.860. The van der Waals surface area contributed by atoms with Crippen LogP contribution in [-0.4, -0.2) is 19.8 Å². The minimum Gasteiger partial charge on any atom is -0.379 e. The first-order chi connectivity index (χ1) is 9.12. The van der Waals surface area contributed by atoms with Gasteiger partial charge in [-0.2, -0.15) is 0 Å². The molecule has 0 spiro atoms. The quantitative estimate of drug-likeness (QED) is 0.882. The predicted molar refractivity (Wildman–Crippen MR) is 78.2 cm³/mol. The highest BCUT2D eigenvalue weighted by molar-refractivity contribution is 5.37. The van der Waals surface area contributed by atoms with E-state index in [1.807, 2.05) is 0 Å². The molecule has 2 aliphatic rings. The van der Waals surface area contributed by atoms with Gasteiger partial charge in [0.15, 0.2) is 0 Å². The Kier molecular flexibility index (Phi) is 3.18. The second kappa shape index (κ2) is 4.60. The largest absolute Gasteiger partial charge is 0.379 e. The Morgan fingerprint density at radius 1 is 1.16 bits per heavy atom. The number of ether oxygens (including phenoxy) is 1. The number of rotatable bonds is 5. The van der Waals surface area contributed by atoms with Crippen LogP contribution in [0.15, 0.2) is 24.3 Å². The molecule has 0 amide bonds. The van der Waals surface area contributed by atoms with Crippen molar-refractivity contribution in [1.82, 2.24) is 0 Å². The van der Waals surface area contributed by atoms with Gasteiger partial charge in [-0.25, -0.2) is 0 Å². The molecule has 0 radical (unpaired) electrons. The third kappa shape index (κ3) is 2.02. The molecular weight excluding hydrogens is 234 g/mol.